The monoisotopic (exact) mass is 245 g/mol. The predicted octanol–water partition coefficient (Wildman–Crippen LogP) is 3.10. The normalized spacial score (nSPS) is 12.6. The topological polar surface area (TPSA) is 43.1 Å². The molecule has 0 saturated heterocycles. The molecular formula is C12H14F3NO. The van der Waals surface area contributed by atoms with Crippen molar-refractivity contribution in [3.8, 4) is 0 Å². The molecular weight excluding hydrogens is 231 g/mol. The van der Waals surface area contributed by atoms with Crippen LogP contribution < -0.4 is 5.73 Å². The van der Waals surface area contributed by atoms with Gasteiger partial charge in [-0.2, -0.15) is 13.2 Å². The number of carbonyl (C=O) groups excluding carboxylic acids is 1. The number of hydrogen-bond acceptors (Lipinski definition) is 1. The number of primary amides is 1. The van der Waals surface area contributed by atoms with E-state index >= 15 is 0 Å². The van der Waals surface area contributed by atoms with Gasteiger partial charge in [-0.25, -0.2) is 0 Å². The SMILES string of the molecule is CC(C)(C)c1c(C(N)=O)cccc1C(F)(F)F. The lowest BCUT2D eigenvalue weighted by atomic mass is 9.80. The average Bonchev–Trinajstić information content (AvgIpc) is 2.13. The summed E-state index contributed by atoms with van der Waals surface area (Å²) < 4.78 is 38.6. The van der Waals surface area contributed by atoms with Gasteiger partial charge in [-0.15, -0.1) is 0 Å². The van der Waals surface area contributed by atoms with E-state index in [-0.39, 0.29) is 11.1 Å². The molecule has 2 nitrogen and oxygen atoms in total. The fourth-order valence-corrected chi connectivity index (χ4v) is 1.80. The highest BCUT2D eigenvalue weighted by molar-refractivity contribution is 5.95. The Bertz CT molecular complexity index is 444. The van der Waals surface area contributed by atoms with E-state index in [4.69, 9.17) is 5.73 Å². The first-order valence-electron chi connectivity index (χ1n) is 5.05. The van der Waals surface area contributed by atoms with Crippen LogP contribution in [0, 0.1) is 0 Å². The molecule has 5 heteroatoms. The van der Waals surface area contributed by atoms with Crippen molar-refractivity contribution in [3.05, 3.63) is 34.9 Å². The first kappa shape index (κ1) is 13.5. The third-order valence-electron chi connectivity index (χ3n) is 2.39. The molecule has 17 heavy (non-hydrogen) atoms. The van der Waals surface area contributed by atoms with Crippen LogP contribution in [-0.4, -0.2) is 5.91 Å². The molecule has 0 heterocycles. The third kappa shape index (κ3) is 2.78. The van der Waals surface area contributed by atoms with Crippen molar-refractivity contribution in [2.45, 2.75) is 32.4 Å². The molecule has 0 saturated carbocycles. The maximum atomic E-state index is 12.9. The van der Waals surface area contributed by atoms with Gasteiger partial charge in [-0.05, 0) is 23.1 Å². The van der Waals surface area contributed by atoms with Crippen LogP contribution in [0.25, 0.3) is 0 Å². The van der Waals surface area contributed by atoms with Crippen LogP contribution in [0.1, 0.15) is 42.3 Å². The molecule has 94 valence electrons. The van der Waals surface area contributed by atoms with Crippen molar-refractivity contribution in [1.29, 1.82) is 0 Å². The largest absolute Gasteiger partial charge is 0.416 e. The third-order valence-corrected chi connectivity index (χ3v) is 2.39. The van der Waals surface area contributed by atoms with E-state index in [0.717, 1.165) is 6.07 Å². The van der Waals surface area contributed by atoms with E-state index in [2.05, 4.69) is 0 Å². The molecule has 0 unspecified atom stereocenters. The molecule has 1 aromatic rings. The Morgan fingerprint density at radius 3 is 2.06 bits per heavy atom. The van der Waals surface area contributed by atoms with Crippen molar-refractivity contribution in [2.24, 2.45) is 5.73 Å². The molecule has 1 amide bonds. The number of hydrogen-bond donors (Lipinski definition) is 1. The van der Waals surface area contributed by atoms with Gasteiger partial charge in [0.05, 0.1) is 5.56 Å². The molecule has 0 spiro atoms. The summed E-state index contributed by atoms with van der Waals surface area (Å²) in [5.74, 6) is -0.846. The standard InChI is InChI=1S/C12H14F3NO/c1-11(2,3)9-7(10(16)17)5-4-6-8(9)12(13,14)15/h4-6H,1-3H3,(H2,16,17). The molecule has 0 aliphatic heterocycles. The summed E-state index contributed by atoms with van der Waals surface area (Å²) in [7, 11) is 0. The zero-order valence-corrected chi connectivity index (χ0v) is 9.85. The molecule has 0 aliphatic carbocycles. The minimum absolute atomic E-state index is 0.0556. The summed E-state index contributed by atoms with van der Waals surface area (Å²) in [6.45, 7) is 4.85. The first-order valence-corrected chi connectivity index (χ1v) is 5.05. The Kier molecular flexibility index (Phi) is 3.23. The molecule has 0 aromatic heterocycles. The molecule has 0 radical (unpaired) electrons. The Balaban J connectivity index is 3.64. The van der Waals surface area contributed by atoms with Crippen molar-refractivity contribution in [2.75, 3.05) is 0 Å². The summed E-state index contributed by atoms with van der Waals surface area (Å²) in [6.07, 6.45) is -4.49. The number of carbonyl (C=O) groups is 1. The van der Waals surface area contributed by atoms with Crippen molar-refractivity contribution in [1.82, 2.24) is 0 Å². The summed E-state index contributed by atoms with van der Waals surface area (Å²) >= 11 is 0. The summed E-state index contributed by atoms with van der Waals surface area (Å²) in [6, 6.07) is 3.48. The lowest BCUT2D eigenvalue weighted by molar-refractivity contribution is -0.138. The predicted molar refractivity (Wildman–Crippen MR) is 58.7 cm³/mol. The zero-order valence-electron chi connectivity index (χ0n) is 9.85. The maximum absolute atomic E-state index is 12.9. The van der Waals surface area contributed by atoms with Gasteiger partial charge >= 0.3 is 6.18 Å². The number of rotatable bonds is 1. The van der Waals surface area contributed by atoms with Crippen LogP contribution in [0.2, 0.25) is 0 Å². The van der Waals surface area contributed by atoms with Crippen LogP contribution in [0.5, 0.6) is 0 Å². The number of benzene rings is 1. The summed E-state index contributed by atoms with van der Waals surface area (Å²) in [5, 5.41) is 0. The Morgan fingerprint density at radius 1 is 1.18 bits per heavy atom. The van der Waals surface area contributed by atoms with Gasteiger partial charge in [0, 0.05) is 5.56 Å². The Labute approximate surface area is 97.6 Å². The lowest BCUT2D eigenvalue weighted by Gasteiger charge is -2.26. The minimum Gasteiger partial charge on any atom is -0.366 e. The molecule has 0 fully saturated rings. The minimum atomic E-state index is -4.49. The van der Waals surface area contributed by atoms with Gasteiger partial charge in [0.25, 0.3) is 0 Å². The first-order chi connectivity index (χ1) is 7.55. The second kappa shape index (κ2) is 4.05. The van der Waals surface area contributed by atoms with E-state index in [1.54, 1.807) is 20.8 Å². The van der Waals surface area contributed by atoms with Crippen LogP contribution in [0.4, 0.5) is 13.2 Å². The van der Waals surface area contributed by atoms with Crippen LogP contribution in [0.3, 0.4) is 0 Å². The van der Waals surface area contributed by atoms with E-state index in [1.807, 2.05) is 0 Å². The number of alkyl halides is 3. The van der Waals surface area contributed by atoms with Gasteiger partial charge in [0.1, 0.15) is 0 Å². The van der Waals surface area contributed by atoms with E-state index in [1.165, 1.54) is 12.1 Å². The van der Waals surface area contributed by atoms with Gasteiger partial charge in [0.15, 0.2) is 0 Å². The summed E-state index contributed by atoms with van der Waals surface area (Å²) in [4.78, 5) is 11.2. The van der Waals surface area contributed by atoms with Crippen molar-refractivity contribution < 1.29 is 18.0 Å². The van der Waals surface area contributed by atoms with Crippen molar-refractivity contribution in [3.63, 3.8) is 0 Å². The van der Waals surface area contributed by atoms with Crippen molar-refractivity contribution >= 4 is 5.91 Å². The van der Waals surface area contributed by atoms with E-state index in [9.17, 15) is 18.0 Å². The highest BCUT2D eigenvalue weighted by Crippen LogP contribution is 2.39. The molecule has 1 aromatic carbocycles. The van der Waals surface area contributed by atoms with E-state index < -0.39 is 23.1 Å². The van der Waals surface area contributed by atoms with Crippen LogP contribution in [0.15, 0.2) is 18.2 Å². The smallest absolute Gasteiger partial charge is 0.366 e. The average molecular weight is 245 g/mol. The lowest BCUT2D eigenvalue weighted by Crippen LogP contribution is -2.26. The maximum Gasteiger partial charge on any atom is 0.416 e. The van der Waals surface area contributed by atoms with Gasteiger partial charge < -0.3 is 5.73 Å². The Hall–Kier alpha value is -1.52. The van der Waals surface area contributed by atoms with E-state index in [0.29, 0.717) is 0 Å². The van der Waals surface area contributed by atoms with Gasteiger partial charge in [0.2, 0.25) is 5.91 Å². The second-order valence-corrected chi connectivity index (χ2v) is 4.84. The van der Waals surface area contributed by atoms with Crippen LogP contribution in [-0.2, 0) is 11.6 Å². The second-order valence-electron chi connectivity index (χ2n) is 4.84. The molecule has 0 aliphatic rings. The number of amides is 1. The molecule has 0 atom stereocenters. The fraction of sp³-hybridized carbons (Fsp3) is 0.417. The number of halogens is 3. The van der Waals surface area contributed by atoms with Gasteiger partial charge in [-0.1, -0.05) is 26.8 Å². The molecule has 0 bridgehead atoms. The quantitative estimate of drug-likeness (QED) is 0.811. The fourth-order valence-electron chi connectivity index (χ4n) is 1.80. The van der Waals surface area contributed by atoms with Crippen LogP contribution >= 0.6 is 0 Å². The zero-order chi connectivity index (χ0) is 13.4. The highest BCUT2D eigenvalue weighted by Gasteiger charge is 2.38. The molecule has 2 N–H and O–H groups in total. The highest BCUT2D eigenvalue weighted by atomic mass is 19.4. The molecule has 1 rings (SSSR count). The van der Waals surface area contributed by atoms with Gasteiger partial charge in [-0.3, -0.25) is 4.79 Å². The Morgan fingerprint density at radius 2 is 1.71 bits per heavy atom. The summed E-state index contributed by atoms with van der Waals surface area (Å²) in [5.41, 5.74) is 3.37. The number of nitrogens with two attached hydrogens (primary N) is 1.